The zero-order valence-electron chi connectivity index (χ0n) is 13.7. The quantitative estimate of drug-likeness (QED) is 0.657. The Balaban J connectivity index is 2.21. The highest BCUT2D eigenvalue weighted by atomic mass is 32.2. The molecule has 0 saturated heterocycles. The van der Waals surface area contributed by atoms with Crippen molar-refractivity contribution in [2.45, 2.75) is 9.79 Å². The number of hydrogen-bond donors (Lipinski definition) is 2. The lowest BCUT2D eigenvalue weighted by Gasteiger charge is -2.13. The molecule has 0 unspecified atom stereocenters. The van der Waals surface area contributed by atoms with E-state index in [0.29, 0.717) is 16.9 Å². The highest BCUT2D eigenvalue weighted by molar-refractivity contribution is 7.98. The van der Waals surface area contributed by atoms with Gasteiger partial charge >= 0.3 is 5.69 Å². The second-order valence-corrected chi connectivity index (χ2v) is 7.87. The Labute approximate surface area is 153 Å². The van der Waals surface area contributed by atoms with Crippen LogP contribution in [0, 0.1) is 0 Å². The second kappa shape index (κ2) is 6.94. The molecular weight excluding hydrogens is 374 g/mol. The second-order valence-electron chi connectivity index (χ2n) is 5.43. The highest BCUT2D eigenvalue weighted by Gasteiger charge is 2.13. The molecule has 9 heteroatoms. The van der Waals surface area contributed by atoms with Crippen LogP contribution in [0.4, 0.5) is 0 Å². The average Bonchev–Trinajstić information content (AvgIpc) is 2.61. The summed E-state index contributed by atoms with van der Waals surface area (Å²) in [4.78, 5) is 27.4. The molecular formula is C17H15N3O4S2. The number of nitrogens with two attached hydrogens (primary N) is 1. The average molecular weight is 389 g/mol. The summed E-state index contributed by atoms with van der Waals surface area (Å²) >= 11 is 1.57. The van der Waals surface area contributed by atoms with Crippen LogP contribution in [0.3, 0.4) is 0 Å². The van der Waals surface area contributed by atoms with Gasteiger partial charge in [0.05, 0.1) is 16.3 Å². The molecule has 0 spiro atoms. The number of aromatic amines is 1. The minimum Gasteiger partial charge on any atom is -0.274 e. The summed E-state index contributed by atoms with van der Waals surface area (Å²) in [6.45, 7) is 0. The van der Waals surface area contributed by atoms with Gasteiger partial charge in [0.1, 0.15) is 0 Å². The van der Waals surface area contributed by atoms with Gasteiger partial charge in [0.25, 0.3) is 5.56 Å². The molecule has 0 radical (unpaired) electrons. The fourth-order valence-corrected chi connectivity index (χ4v) is 3.43. The Morgan fingerprint density at radius 3 is 2.15 bits per heavy atom. The molecule has 0 aliphatic carbocycles. The van der Waals surface area contributed by atoms with Crippen molar-refractivity contribution in [2.75, 3.05) is 6.26 Å². The van der Waals surface area contributed by atoms with Crippen LogP contribution in [-0.2, 0) is 10.0 Å². The number of H-pyrrole nitrogens is 1. The SMILES string of the molecule is CSc1ccc(-n2c(-c3ccc(S(N)(=O)=O)cc3)cc(=O)[nH]c2=O)cc1. The van der Waals surface area contributed by atoms with Crippen molar-refractivity contribution >= 4 is 21.8 Å². The zero-order valence-corrected chi connectivity index (χ0v) is 15.3. The molecule has 0 saturated carbocycles. The van der Waals surface area contributed by atoms with Gasteiger partial charge in [-0.3, -0.25) is 14.3 Å². The van der Waals surface area contributed by atoms with Crippen LogP contribution in [-0.4, -0.2) is 24.2 Å². The van der Waals surface area contributed by atoms with Gasteiger partial charge in [-0.05, 0) is 48.2 Å². The molecule has 0 atom stereocenters. The van der Waals surface area contributed by atoms with Crippen LogP contribution < -0.4 is 16.4 Å². The Morgan fingerprint density at radius 2 is 1.62 bits per heavy atom. The molecule has 0 bridgehead atoms. The molecule has 0 fully saturated rings. The number of sulfonamides is 1. The molecule has 0 amide bonds. The van der Waals surface area contributed by atoms with Crippen molar-refractivity contribution in [1.82, 2.24) is 9.55 Å². The van der Waals surface area contributed by atoms with Crippen LogP contribution in [0.25, 0.3) is 16.9 Å². The molecule has 3 aromatic rings. The molecule has 3 rings (SSSR count). The maximum Gasteiger partial charge on any atom is 0.333 e. The van der Waals surface area contributed by atoms with Crippen LogP contribution >= 0.6 is 11.8 Å². The van der Waals surface area contributed by atoms with Gasteiger partial charge in [0.15, 0.2) is 0 Å². The number of primary sulfonamides is 1. The maximum atomic E-state index is 12.4. The number of nitrogens with one attached hydrogen (secondary N) is 1. The standard InChI is InChI=1S/C17H15N3O4S2/c1-25-13-6-4-12(5-7-13)20-15(10-16(21)19-17(20)22)11-2-8-14(9-3-11)26(18,23)24/h2-10H,1H3,(H2,18,23,24)(H,19,21,22). The fourth-order valence-electron chi connectivity index (χ4n) is 2.51. The third-order valence-electron chi connectivity index (χ3n) is 3.75. The number of hydrogen-bond acceptors (Lipinski definition) is 5. The van der Waals surface area contributed by atoms with Gasteiger partial charge in [-0.15, -0.1) is 11.8 Å². The van der Waals surface area contributed by atoms with E-state index in [-0.39, 0.29) is 4.90 Å². The van der Waals surface area contributed by atoms with E-state index in [1.165, 1.54) is 34.9 Å². The summed E-state index contributed by atoms with van der Waals surface area (Å²) in [5.41, 5.74) is 0.304. The normalized spacial score (nSPS) is 11.5. The summed E-state index contributed by atoms with van der Waals surface area (Å²) in [5.74, 6) is 0. The molecule has 0 aliphatic heterocycles. The van der Waals surface area contributed by atoms with Gasteiger partial charge in [-0.25, -0.2) is 18.4 Å². The Bertz CT molecular complexity index is 1160. The fraction of sp³-hybridized carbons (Fsp3) is 0.0588. The summed E-state index contributed by atoms with van der Waals surface area (Å²) in [7, 11) is -3.83. The first-order valence-electron chi connectivity index (χ1n) is 7.43. The molecule has 3 N–H and O–H groups in total. The number of benzene rings is 2. The lowest BCUT2D eigenvalue weighted by molar-refractivity contribution is 0.598. The molecule has 134 valence electrons. The van der Waals surface area contributed by atoms with Gasteiger partial charge in [0.2, 0.25) is 10.0 Å². The van der Waals surface area contributed by atoms with E-state index in [4.69, 9.17) is 5.14 Å². The van der Waals surface area contributed by atoms with Gasteiger partial charge in [-0.1, -0.05) is 12.1 Å². The van der Waals surface area contributed by atoms with Crippen molar-refractivity contribution in [2.24, 2.45) is 5.14 Å². The van der Waals surface area contributed by atoms with Crippen molar-refractivity contribution < 1.29 is 8.42 Å². The van der Waals surface area contributed by atoms with Gasteiger partial charge in [-0.2, -0.15) is 0 Å². The lowest BCUT2D eigenvalue weighted by Crippen LogP contribution is -2.29. The predicted molar refractivity (Wildman–Crippen MR) is 101 cm³/mol. The number of nitrogens with zero attached hydrogens (tertiary/aromatic N) is 1. The largest absolute Gasteiger partial charge is 0.333 e. The zero-order chi connectivity index (χ0) is 18.9. The molecule has 7 nitrogen and oxygen atoms in total. The lowest BCUT2D eigenvalue weighted by atomic mass is 10.1. The molecule has 1 heterocycles. The molecule has 26 heavy (non-hydrogen) atoms. The summed E-state index contributed by atoms with van der Waals surface area (Å²) < 4.78 is 24.2. The van der Waals surface area contributed by atoms with Crippen LogP contribution in [0.1, 0.15) is 0 Å². The van der Waals surface area contributed by atoms with E-state index in [9.17, 15) is 18.0 Å². The van der Waals surface area contributed by atoms with E-state index in [0.717, 1.165) is 4.90 Å². The summed E-state index contributed by atoms with van der Waals surface area (Å²) in [6, 6.07) is 14.2. The molecule has 1 aromatic heterocycles. The van der Waals surface area contributed by atoms with Crippen molar-refractivity contribution in [3.63, 3.8) is 0 Å². The van der Waals surface area contributed by atoms with Gasteiger partial charge < -0.3 is 0 Å². The Kier molecular flexibility index (Phi) is 4.86. The van der Waals surface area contributed by atoms with Crippen LogP contribution in [0.5, 0.6) is 0 Å². The van der Waals surface area contributed by atoms with Crippen molar-refractivity contribution in [3.8, 4) is 16.9 Å². The summed E-state index contributed by atoms with van der Waals surface area (Å²) in [5, 5.41) is 5.10. The van der Waals surface area contributed by atoms with E-state index < -0.39 is 21.3 Å². The van der Waals surface area contributed by atoms with Crippen molar-refractivity contribution in [3.05, 3.63) is 75.4 Å². The summed E-state index contributed by atoms with van der Waals surface area (Å²) in [6.07, 6.45) is 1.94. The third-order valence-corrected chi connectivity index (χ3v) is 5.42. The van der Waals surface area contributed by atoms with Crippen LogP contribution in [0.15, 0.2) is 74.0 Å². The predicted octanol–water partition coefficient (Wildman–Crippen LogP) is 1.56. The van der Waals surface area contributed by atoms with Crippen LogP contribution in [0.2, 0.25) is 0 Å². The topological polar surface area (TPSA) is 115 Å². The Morgan fingerprint density at radius 1 is 1.00 bits per heavy atom. The Hall–Kier alpha value is -2.62. The highest BCUT2D eigenvalue weighted by Crippen LogP contribution is 2.23. The smallest absolute Gasteiger partial charge is 0.274 e. The first kappa shape index (κ1) is 18.2. The first-order chi connectivity index (χ1) is 12.3. The monoisotopic (exact) mass is 389 g/mol. The van der Waals surface area contributed by atoms with E-state index >= 15 is 0 Å². The minimum atomic E-state index is -3.83. The number of aromatic nitrogens is 2. The maximum absolute atomic E-state index is 12.4. The van der Waals surface area contributed by atoms with Gasteiger partial charge in [0, 0.05) is 11.0 Å². The van der Waals surface area contributed by atoms with E-state index in [1.54, 1.807) is 23.9 Å². The molecule has 0 aliphatic rings. The van der Waals surface area contributed by atoms with E-state index in [2.05, 4.69) is 4.98 Å². The van der Waals surface area contributed by atoms with E-state index in [1.807, 2.05) is 18.4 Å². The molecule has 2 aromatic carbocycles. The first-order valence-corrected chi connectivity index (χ1v) is 10.2. The number of thioether (sulfide) groups is 1. The third kappa shape index (κ3) is 3.64. The number of rotatable bonds is 4. The minimum absolute atomic E-state index is 0.0516. The van der Waals surface area contributed by atoms with Crippen molar-refractivity contribution in [1.29, 1.82) is 0 Å².